The number of rotatable bonds is 4. The molecule has 1 aromatic carbocycles. The molecule has 0 atom stereocenters. The molecule has 102 valence electrons. The van der Waals surface area contributed by atoms with Crippen LogP contribution in [0.3, 0.4) is 0 Å². The average molecular weight is 334 g/mol. The maximum atomic E-state index is 11.9. The van der Waals surface area contributed by atoms with E-state index in [1.807, 2.05) is 6.07 Å². The summed E-state index contributed by atoms with van der Waals surface area (Å²) >= 11 is 3.26. The van der Waals surface area contributed by atoms with Crippen LogP contribution < -0.4 is 11.1 Å². The van der Waals surface area contributed by atoms with Gasteiger partial charge in [0.25, 0.3) is 5.91 Å². The summed E-state index contributed by atoms with van der Waals surface area (Å²) < 4.78 is 0.737. The zero-order valence-corrected chi connectivity index (χ0v) is 12.1. The van der Waals surface area contributed by atoms with Crippen molar-refractivity contribution < 1.29 is 9.59 Å². The third-order valence-electron chi connectivity index (χ3n) is 2.63. The van der Waals surface area contributed by atoms with E-state index in [-0.39, 0.29) is 5.91 Å². The molecule has 0 aliphatic heterocycles. The van der Waals surface area contributed by atoms with Gasteiger partial charge in [-0.25, -0.2) is 0 Å². The number of hydrogen-bond donors (Lipinski definition) is 2. The molecule has 0 fully saturated rings. The van der Waals surface area contributed by atoms with E-state index in [9.17, 15) is 9.59 Å². The van der Waals surface area contributed by atoms with Crippen LogP contribution in [0.5, 0.6) is 0 Å². The quantitative estimate of drug-likeness (QED) is 0.895. The second-order valence-electron chi connectivity index (χ2n) is 4.14. The highest BCUT2D eigenvalue weighted by Gasteiger charge is 2.07. The Kier molecular flexibility index (Phi) is 4.47. The van der Waals surface area contributed by atoms with Crippen molar-refractivity contribution in [3.63, 3.8) is 0 Å². The second-order valence-corrected chi connectivity index (χ2v) is 5.05. The number of primary amides is 1. The summed E-state index contributed by atoms with van der Waals surface area (Å²) in [6.45, 7) is 0.312. The van der Waals surface area contributed by atoms with Gasteiger partial charge in [-0.05, 0) is 39.7 Å². The predicted molar refractivity (Wildman–Crippen MR) is 78.1 cm³/mol. The van der Waals surface area contributed by atoms with Gasteiger partial charge in [-0.2, -0.15) is 0 Å². The van der Waals surface area contributed by atoms with Crippen LogP contribution >= 0.6 is 15.9 Å². The average Bonchev–Trinajstić information content (AvgIpc) is 2.45. The van der Waals surface area contributed by atoms with Crippen LogP contribution in [0.4, 0.5) is 0 Å². The van der Waals surface area contributed by atoms with Crippen molar-refractivity contribution in [1.82, 2.24) is 10.3 Å². The molecule has 0 aliphatic rings. The van der Waals surface area contributed by atoms with Crippen LogP contribution in [0, 0.1) is 0 Å². The maximum Gasteiger partial charge on any atom is 0.253 e. The van der Waals surface area contributed by atoms with Gasteiger partial charge in [0.05, 0.1) is 5.56 Å². The van der Waals surface area contributed by atoms with Gasteiger partial charge in [-0.15, -0.1) is 0 Å². The number of nitrogens with one attached hydrogen (secondary N) is 1. The number of nitrogens with zero attached hydrogens (tertiary/aromatic N) is 1. The van der Waals surface area contributed by atoms with Gasteiger partial charge in [0.2, 0.25) is 5.91 Å². The first kappa shape index (κ1) is 14.2. The molecule has 20 heavy (non-hydrogen) atoms. The lowest BCUT2D eigenvalue weighted by Crippen LogP contribution is -2.23. The Bertz CT molecular complexity index is 658. The van der Waals surface area contributed by atoms with Gasteiger partial charge in [-0.3, -0.25) is 14.6 Å². The Morgan fingerprint density at radius 1 is 1.20 bits per heavy atom. The number of aromatic nitrogens is 1. The molecule has 2 amide bonds. The standard InChI is InChI=1S/C14H12BrN3O2/c15-12-5-11(7-17-8-12)14(20)18-6-9-2-1-3-10(4-9)13(16)19/h1-5,7-8H,6H2,(H2,16,19)(H,18,20). The molecule has 0 saturated heterocycles. The summed E-state index contributed by atoms with van der Waals surface area (Å²) in [7, 11) is 0. The Morgan fingerprint density at radius 2 is 2.00 bits per heavy atom. The van der Waals surface area contributed by atoms with E-state index in [2.05, 4.69) is 26.2 Å². The first-order chi connectivity index (χ1) is 9.56. The normalized spacial score (nSPS) is 10.1. The fraction of sp³-hybridized carbons (Fsp3) is 0.0714. The molecule has 0 unspecified atom stereocenters. The Hall–Kier alpha value is -2.21. The minimum atomic E-state index is -0.491. The van der Waals surface area contributed by atoms with E-state index in [0.717, 1.165) is 10.0 Å². The molecule has 2 aromatic rings. The topological polar surface area (TPSA) is 85.1 Å². The van der Waals surface area contributed by atoms with Crippen LogP contribution in [-0.2, 0) is 6.54 Å². The fourth-order valence-corrected chi connectivity index (χ4v) is 2.02. The number of hydrogen-bond acceptors (Lipinski definition) is 3. The molecule has 2 rings (SSSR count). The molecular weight excluding hydrogens is 322 g/mol. The van der Waals surface area contributed by atoms with E-state index >= 15 is 0 Å². The molecule has 3 N–H and O–H groups in total. The van der Waals surface area contributed by atoms with E-state index < -0.39 is 5.91 Å². The van der Waals surface area contributed by atoms with E-state index in [0.29, 0.717) is 17.7 Å². The number of amides is 2. The molecule has 1 heterocycles. The minimum Gasteiger partial charge on any atom is -0.366 e. The lowest BCUT2D eigenvalue weighted by Gasteiger charge is -2.06. The van der Waals surface area contributed by atoms with Crippen molar-refractivity contribution >= 4 is 27.7 Å². The lowest BCUT2D eigenvalue weighted by molar-refractivity contribution is 0.0949. The highest BCUT2D eigenvalue weighted by Crippen LogP contribution is 2.10. The van der Waals surface area contributed by atoms with E-state index in [1.54, 1.807) is 30.5 Å². The summed E-state index contributed by atoms with van der Waals surface area (Å²) in [6.07, 6.45) is 3.09. The van der Waals surface area contributed by atoms with Crippen LogP contribution in [0.25, 0.3) is 0 Å². The number of carbonyl (C=O) groups is 2. The first-order valence-electron chi connectivity index (χ1n) is 5.84. The van der Waals surface area contributed by atoms with Gasteiger partial charge >= 0.3 is 0 Å². The molecule has 5 nitrogen and oxygen atoms in total. The van der Waals surface area contributed by atoms with Crippen molar-refractivity contribution in [2.45, 2.75) is 6.54 Å². The molecule has 6 heteroatoms. The summed E-state index contributed by atoms with van der Waals surface area (Å²) in [5, 5.41) is 2.76. The molecule has 0 radical (unpaired) electrons. The molecule has 0 saturated carbocycles. The highest BCUT2D eigenvalue weighted by molar-refractivity contribution is 9.10. The molecule has 0 bridgehead atoms. The van der Waals surface area contributed by atoms with Crippen molar-refractivity contribution in [2.24, 2.45) is 5.73 Å². The molecule has 1 aromatic heterocycles. The van der Waals surface area contributed by atoms with Crippen LogP contribution in [0.2, 0.25) is 0 Å². The summed E-state index contributed by atoms with van der Waals surface area (Å²) in [6, 6.07) is 8.50. The van der Waals surface area contributed by atoms with Crippen molar-refractivity contribution in [1.29, 1.82) is 0 Å². The number of nitrogens with two attached hydrogens (primary N) is 1. The van der Waals surface area contributed by atoms with Crippen molar-refractivity contribution in [3.8, 4) is 0 Å². The third-order valence-corrected chi connectivity index (χ3v) is 3.07. The van der Waals surface area contributed by atoms with Gasteiger partial charge in [0.1, 0.15) is 0 Å². The minimum absolute atomic E-state index is 0.233. The monoisotopic (exact) mass is 333 g/mol. The maximum absolute atomic E-state index is 11.9. The zero-order chi connectivity index (χ0) is 14.5. The van der Waals surface area contributed by atoms with Gasteiger partial charge < -0.3 is 11.1 Å². The third kappa shape index (κ3) is 3.64. The number of pyridine rings is 1. The predicted octanol–water partition coefficient (Wildman–Crippen LogP) is 1.87. The van der Waals surface area contributed by atoms with Crippen LogP contribution in [-0.4, -0.2) is 16.8 Å². The Labute approximate surface area is 124 Å². The van der Waals surface area contributed by atoms with E-state index in [4.69, 9.17) is 5.73 Å². The van der Waals surface area contributed by atoms with Crippen LogP contribution in [0.15, 0.2) is 47.2 Å². The fourth-order valence-electron chi connectivity index (χ4n) is 1.65. The summed E-state index contributed by atoms with van der Waals surface area (Å²) in [4.78, 5) is 26.9. The summed E-state index contributed by atoms with van der Waals surface area (Å²) in [5.74, 6) is -0.724. The summed E-state index contributed by atoms with van der Waals surface area (Å²) in [5.41, 5.74) is 6.89. The number of halogens is 1. The van der Waals surface area contributed by atoms with Crippen molar-refractivity contribution in [2.75, 3.05) is 0 Å². The van der Waals surface area contributed by atoms with Crippen molar-refractivity contribution in [3.05, 3.63) is 63.9 Å². The number of carbonyl (C=O) groups excluding carboxylic acids is 2. The smallest absolute Gasteiger partial charge is 0.253 e. The number of benzene rings is 1. The molecular formula is C14H12BrN3O2. The van der Waals surface area contributed by atoms with Gasteiger partial charge in [0, 0.05) is 29.0 Å². The molecule has 0 aliphatic carbocycles. The largest absolute Gasteiger partial charge is 0.366 e. The first-order valence-corrected chi connectivity index (χ1v) is 6.63. The Balaban J connectivity index is 2.03. The molecule has 0 spiro atoms. The van der Waals surface area contributed by atoms with E-state index in [1.165, 1.54) is 6.20 Å². The second kappa shape index (κ2) is 6.29. The Morgan fingerprint density at radius 3 is 2.70 bits per heavy atom. The van der Waals surface area contributed by atoms with Gasteiger partial charge in [0.15, 0.2) is 0 Å². The SMILES string of the molecule is NC(=O)c1cccc(CNC(=O)c2cncc(Br)c2)c1. The highest BCUT2D eigenvalue weighted by atomic mass is 79.9. The van der Waals surface area contributed by atoms with Crippen LogP contribution in [0.1, 0.15) is 26.3 Å². The lowest BCUT2D eigenvalue weighted by atomic mass is 10.1. The zero-order valence-electron chi connectivity index (χ0n) is 10.5. The van der Waals surface area contributed by atoms with Gasteiger partial charge in [-0.1, -0.05) is 12.1 Å².